The second kappa shape index (κ2) is 6.22. The first-order valence-corrected chi connectivity index (χ1v) is 7.96. The summed E-state index contributed by atoms with van der Waals surface area (Å²) in [6.45, 7) is 1.93. The molecule has 1 N–H and O–H groups in total. The highest BCUT2D eigenvalue weighted by molar-refractivity contribution is 7.80. The number of nitrogens with zero attached hydrogens (tertiary/aromatic N) is 2. The third-order valence-corrected chi connectivity index (χ3v) is 4.59. The number of carbonyl (C=O) groups is 2. The van der Waals surface area contributed by atoms with Crippen molar-refractivity contribution in [1.82, 2.24) is 14.8 Å². The normalized spacial score (nSPS) is 16.7. The van der Waals surface area contributed by atoms with Gasteiger partial charge in [0.15, 0.2) is 5.11 Å². The minimum atomic E-state index is -0.502. The molecule has 0 atom stereocenters. The summed E-state index contributed by atoms with van der Waals surface area (Å²) in [5, 5.41) is 3.25. The topological polar surface area (TPSA) is 54.3 Å². The average Bonchev–Trinajstić information content (AvgIpc) is 3.00. The van der Waals surface area contributed by atoms with Crippen LogP contribution < -0.4 is 5.32 Å². The molecular weight excluding hydrogens is 346 g/mol. The predicted molar refractivity (Wildman–Crippen MR) is 97.0 cm³/mol. The molecule has 0 aliphatic carbocycles. The number of aryl methyl sites for hydroxylation is 1. The minimum absolute atomic E-state index is 0.0317. The molecule has 1 aliphatic heterocycles. The molecule has 2 heterocycles. The smallest absolute Gasteiger partial charge is 0.265 e. The molecule has 1 aromatic carbocycles. The maximum absolute atomic E-state index is 12.3. The van der Waals surface area contributed by atoms with Crippen LogP contribution in [0.25, 0.3) is 11.8 Å². The van der Waals surface area contributed by atoms with Crippen LogP contribution in [0.15, 0.2) is 42.1 Å². The van der Waals surface area contributed by atoms with Gasteiger partial charge in [-0.1, -0.05) is 17.7 Å². The number of halogens is 1. The van der Waals surface area contributed by atoms with E-state index in [1.54, 1.807) is 6.08 Å². The second-order valence-electron chi connectivity index (χ2n) is 5.42. The number of carbonyl (C=O) groups excluding carboxylic acids is 2. The quantitative estimate of drug-likeness (QED) is 0.509. The van der Waals surface area contributed by atoms with Crippen LogP contribution >= 0.6 is 23.8 Å². The van der Waals surface area contributed by atoms with Crippen molar-refractivity contribution in [3.05, 3.63) is 58.4 Å². The summed E-state index contributed by atoms with van der Waals surface area (Å²) < 4.78 is 1.85. The van der Waals surface area contributed by atoms with Gasteiger partial charge in [0.1, 0.15) is 5.57 Å². The highest BCUT2D eigenvalue weighted by atomic mass is 35.5. The number of thiocarbonyl (C=S) groups is 1. The lowest BCUT2D eigenvalue weighted by Crippen LogP contribution is -2.52. The molecule has 1 saturated heterocycles. The van der Waals surface area contributed by atoms with Crippen LogP contribution in [0.4, 0.5) is 0 Å². The van der Waals surface area contributed by atoms with E-state index in [9.17, 15) is 9.59 Å². The van der Waals surface area contributed by atoms with Crippen LogP contribution in [0.2, 0.25) is 5.02 Å². The summed E-state index contributed by atoms with van der Waals surface area (Å²) in [5.41, 5.74) is 2.54. The molecule has 0 bridgehead atoms. The van der Waals surface area contributed by atoms with Crippen LogP contribution in [0, 0.1) is 6.92 Å². The molecule has 0 saturated carbocycles. The van der Waals surface area contributed by atoms with Gasteiger partial charge in [0.05, 0.1) is 0 Å². The number of hydrogen-bond acceptors (Lipinski definition) is 3. The molecule has 1 aromatic heterocycles. The van der Waals surface area contributed by atoms with Crippen molar-refractivity contribution in [2.24, 2.45) is 0 Å². The van der Waals surface area contributed by atoms with Crippen molar-refractivity contribution >= 4 is 46.8 Å². The molecule has 0 unspecified atom stereocenters. The van der Waals surface area contributed by atoms with Crippen LogP contribution in [0.5, 0.6) is 0 Å². The lowest BCUT2D eigenvalue weighted by atomic mass is 10.1. The largest absolute Gasteiger partial charge is 0.317 e. The van der Waals surface area contributed by atoms with Gasteiger partial charge in [-0.25, -0.2) is 0 Å². The Labute approximate surface area is 149 Å². The zero-order valence-corrected chi connectivity index (χ0v) is 14.6. The Kier molecular flexibility index (Phi) is 4.26. The van der Waals surface area contributed by atoms with Crippen LogP contribution in [0.1, 0.15) is 11.3 Å². The summed E-state index contributed by atoms with van der Waals surface area (Å²) in [7, 11) is 1.52. The summed E-state index contributed by atoms with van der Waals surface area (Å²) >= 11 is 11.1. The second-order valence-corrected chi connectivity index (χ2v) is 6.21. The van der Waals surface area contributed by atoms with Crippen molar-refractivity contribution in [3.63, 3.8) is 0 Å². The first-order valence-electron chi connectivity index (χ1n) is 7.17. The number of rotatable bonds is 2. The maximum Gasteiger partial charge on any atom is 0.265 e. The number of nitrogens with one attached hydrogen (secondary N) is 1. The van der Waals surface area contributed by atoms with Crippen LogP contribution in [-0.4, -0.2) is 33.4 Å². The van der Waals surface area contributed by atoms with E-state index in [1.165, 1.54) is 11.9 Å². The third-order valence-electron chi connectivity index (χ3n) is 3.81. The number of amides is 2. The molecule has 2 amide bonds. The molecule has 1 fully saturated rings. The van der Waals surface area contributed by atoms with Crippen molar-refractivity contribution in [3.8, 4) is 5.69 Å². The van der Waals surface area contributed by atoms with Gasteiger partial charge in [-0.15, -0.1) is 0 Å². The molecular formula is C17H14ClN3O2S. The van der Waals surface area contributed by atoms with Crippen LogP contribution in [-0.2, 0) is 9.59 Å². The zero-order chi connectivity index (χ0) is 17.4. The molecule has 2 aromatic rings. The summed E-state index contributed by atoms with van der Waals surface area (Å²) in [6.07, 6.45) is 3.39. The monoisotopic (exact) mass is 359 g/mol. The van der Waals surface area contributed by atoms with E-state index in [1.807, 2.05) is 48.0 Å². The lowest BCUT2D eigenvalue weighted by molar-refractivity contribution is -0.128. The summed E-state index contributed by atoms with van der Waals surface area (Å²) in [4.78, 5) is 25.6. The van der Waals surface area contributed by atoms with Gasteiger partial charge in [0.2, 0.25) is 0 Å². The Bertz CT molecular complexity index is 901. The van der Waals surface area contributed by atoms with Gasteiger partial charge in [-0.05, 0) is 55.0 Å². The van der Waals surface area contributed by atoms with Crippen molar-refractivity contribution in [2.75, 3.05) is 7.05 Å². The number of aromatic nitrogens is 1. The molecule has 24 heavy (non-hydrogen) atoms. The van der Waals surface area contributed by atoms with Gasteiger partial charge in [-0.3, -0.25) is 19.8 Å². The molecule has 0 radical (unpaired) electrons. The fraction of sp³-hybridized carbons (Fsp3) is 0.118. The highest BCUT2D eigenvalue weighted by Gasteiger charge is 2.31. The Morgan fingerprint density at radius 1 is 1.25 bits per heavy atom. The Hall–Kier alpha value is -2.44. The van der Waals surface area contributed by atoms with E-state index in [4.69, 9.17) is 23.8 Å². The lowest BCUT2D eigenvalue weighted by Gasteiger charge is -2.25. The number of hydrogen-bond donors (Lipinski definition) is 1. The first kappa shape index (κ1) is 16.4. The van der Waals surface area contributed by atoms with E-state index < -0.39 is 11.8 Å². The molecule has 7 heteroatoms. The highest BCUT2D eigenvalue weighted by Crippen LogP contribution is 2.22. The van der Waals surface area contributed by atoms with E-state index in [0.29, 0.717) is 10.7 Å². The minimum Gasteiger partial charge on any atom is -0.317 e. The summed E-state index contributed by atoms with van der Waals surface area (Å²) in [5.74, 6) is -0.934. The summed E-state index contributed by atoms with van der Waals surface area (Å²) in [6, 6.07) is 9.32. The fourth-order valence-corrected chi connectivity index (χ4v) is 2.72. The standard InChI is InChI=1S/C17H14ClN3O2S/c1-10-5-6-12(9-14(10)18)21-7-3-4-11(21)8-13-15(22)19-17(24)20(2)16(13)23/h3-9H,1-2H3,(H,19,22,24)/b13-8+. The maximum atomic E-state index is 12.3. The van der Waals surface area contributed by atoms with Gasteiger partial charge in [0, 0.05) is 29.6 Å². The Morgan fingerprint density at radius 2 is 2.00 bits per heavy atom. The van der Waals surface area contributed by atoms with Gasteiger partial charge >= 0.3 is 0 Å². The Morgan fingerprint density at radius 3 is 2.71 bits per heavy atom. The predicted octanol–water partition coefficient (Wildman–Crippen LogP) is 2.70. The number of likely N-dealkylation sites (N-methyl/N-ethyl adjacent to an activating group) is 1. The third kappa shape index (κ3) is 2.86. The Balaban J connectivity index is 2.04. The SMILES string of the molecule is Cc1ccc(-n2cccc2/C=C2\C(=O)NC(=S)N(C)C2=O)cc1Cl. The van der Waals surface area contributed by atoms with Crippen molar-refractivity contribution in [2.45, 2.75) is 6.92 Å². The van der Waals surface area contributed by atoms with Gasteiger partial charge in [0.25, 0.3) is 11.8 Å². The van der Waals surface area contributed by atoms with E-state index in [0.717, 1.165) is 11.3 Å². The zero-order valence-electron chi connectivity index (χ0n) is 13.0. The van der Waals surface area contributed by atoms with Gasteiger partial charge < -0.3 is 4.57 Å². The fourth-order valence-electron chi connectivity index (χ4n) is 2.37. The van der Waals surface area contributed by atoms with E-state index >= 15 is 0 Å². The van der Waals surface area contributed by atoms with Gasteiger partial charge in [-0.2, -0.15) is 0 Å². The first-order chi connectivity index (χ1) is 11.4. The van der Waals surface area contributed by atoms with Crippen molar-refractivity contribution < 1.29 is 9.59 Å². The van der Waals surface area contributed by atoms with Crippen LogP contribution in [0.3, 0.4) is 0 Å². The molecule has 122 valence electrons. The van der Waals surface area contributed by atoms with E-state index in [2.05, 4.69) is 5.32 Å². The molecule has 0 spiro atoms. The molecule has 5 nitrogen and oxygen atoms in total. The number of benzene rings is 1. The molecule has 1 aliphatic rings. The van der Waals surface area contributed by atoms with Crippen molar-refractivity contribution in [1.29, 1.82) is 0 Å². The average molecular weight is 360 g/mol. The van der Waals surface area contributed by atoms with E-state index in [-0.39, 0.29) is 10.7 Å². The molecule has 3 rings (SSSR count).